The minimum Gasteiger partial charge on any atom is -0.388 e. The van der Waals surface area contributed by atoms with Gasteiger partial charge < -0.3 is 10.0 Å². The van der Waals surface area contributed by atoms with Crippen LogP contribution in [0.3, 0.4) is 0 Å². The summed E-state index contributed by atoms with van der Waals surface area (Å²) in [4.78, 5) is 13.8. The topological polar surface area (TPSA) is 40.5 Å². The van der Waals surface area contributed by atoms with Gasteiger partial charge in [0.2, 0.25) is 0 Å². The third kappa shape index (κ3) is 2.88. The predicted octanol–water partition coefficient (Wildman–Crippen LogP) is 2.12. The quantitative estimate of drug-likeness (QED) is 0.830. The number of piperidine rings is 1. The highest BCUT2D eigenvalue weighted by atomic mass is 19.1. The lowest BCUT2D eigenvalue weighted by atomic mass is 9.94. The molecule has 1 heterocycles. The Kier molecular flexibility index (Phi) is 3.39. The van der Waals surface area contributed by atoms with E-state index in [1.807, 2.05) is 0 Å². The summed E-state index contributed by atoms with van der Waals surface area (Å²) < 4.78 is 13.3. The van der Waals surface area contributed by atoms with Gasteiger partial charge in [0.05, 0.1) is 5.60 Å². The number of rotatable bonds is 1. The molecule has 1 aliphatic rings. The Balaban J connectivity index is 2.20. The second-order valence-electron chi connectivity index (χ2n) is 5.34. The molecule has 1 aromatic carbocycles. The SMILES string of the molecule is Cc1cc(F)cc(C(=O)N2CCCC(C)(O)C2)c1. The second kappa shape index (κ2) is 4.69. The first-order chi connectivity index (χ1) is 8.37. The number of aliphatic hydroxyl groups is 1. The van der Waals surface area contributed by atoms with Crippen LogP contribution in [0.5, 0.6) is 0 Å². The smallest absolute Gasteiger partial charge is 0.254 e. The van der Waals surface area contributed by atoms with E-state index in [0.29, 0.717) is 25.1 Å². The van der Waals surface area contributed by atoms with Gasteiger partial charge in [-0.15, -0.1) is 0 Å². The number of aryl methyl sites for hydroxylation is 1. The zero-order valence-electron chi connectivity index (χ0n) is 10.7. The van der Waals surface area contributed by atoms with Gasteiger partial charge in [-0.25, -0.2) is 4.39 Å². The Bertz CT molecular complexity index is 451. The fourth-order valence-corrected chi connectivity index (χ4v) is 2.44. The number of β-amino-alcohol motifs (C(OH)–C–C–N with tert-alkyl or cyclic N) is 1. The van der Waals surface area contributed by atoms with E-state index in [1.165, 1.54) is 12.1 Å². The largest absolute Gasteiger partial charge is 0.388 e. The summed E-state index contributed by atoms with van der Waals surface area (Å²) in [5.74, 6) is -0.611. The lowest BCUT2D eigenvalue weighted by Crippen LogP contribution is -2.48. The van der Waals surface area contributed by atoms with Crippen molar-refractivity contribution in [3.8, 4) is 0 Å². The second-order valence-corrected chi connectivity index (χ2v) is 5.34. The highest BCUT2D eigenvalue weighted by Crippen LogP contribution is 2.22. The summed E-state index contributed by atoms with van der Waals surface area (Å²) in [5.41, 5.74) is 0.239. The van der Waals surface area contributed by atoms with E-state index in [2.05, 4.69) is 0 Å². The summed E-state index contributed by atoms with van der Waals surface area (Å²) in [6.45, 7) is 4.40. The monoisotopic (exact) mass is 251 g/mol. The average Bonchev–Trinajstić information content (AvgIpc) is 2.25. The molecule has 1 atom stereocenters. The molecule has 1 unspecified atom stereocenters. The molecule has 0 saturated carbocycles. The summed E-state index contributed by atoms with van der Waals surface area (Å²) in [7, 11) is 0. The van der Waals surface area contributed by atoms with Crippen LogP contribution in [0.4, 0.5) is 4.39 Å². The van der Waals surface area contributed by atoms with Crippen molar-refractivity contribution in [3.63, 3.8) is 0 Å². The summed E-state index contributed by atoms with van der Waals surface area (Å²) in [6, 6.07) is 4.32. The van der Waals surface area contributed by atoms with Crippen LogP contribution in [0.15, 0.2) is 18.2 Å². The Morgan fingerprint density at radius 1 is 1.44 bits per heavy atom. The molecule has 0 spiro atoms. The van der Waals surface area contributed by atoms with Crippen LogP contribution in [0, 0.1) is 12.7 Å². The van der Waals surface area contributed by atoms with Gasteiger partial charge in [-0.3, -0.25) is 4.79 Å². The van der Waals surface area contributed by atoms with Gasteiger partial charge in [0, 0.05) is 18.7 Å². The number of carbonyl (C=O) groups is 1. The van der Waals surface area contributed by atoms with Crippen LogP contribution in [0.25, 0.3) is 0 Å². The first-order valence-electron chi connectivity index (χ1n) is 6.16. The average molecular weight is 251 g/mol. The van der Waals surface area contributed by atoms with Gasteiger partial charge in [0.1, 0.15) is 5.82 Å². The number of halogens is 1. The van der Waals surface area contributed by atoms with Crippen molar-refractivity contribution >= 4 is 5.91 Å². The lowest BCUT2D eigenvalue weighted by molar-refractivity contribution is -0.0107. The van der Waals surface area contributed by atoms with Gasteiger partial charge in [0.25, 0.3) is 5.91 Å². The van der Waals surface area contributed by atoms with E-state index in [0.717, 1.165) is 12.0 Å². The maximum atomic E-state index is 13.3. The minimum absolute atomic E-state index is 0.211. The number of likely N-dealkylation sites (tertiary alicyclic amines) is 1. The van der Waals surface area contributed by atoms with E-state index < -0.39 is 11.4 Å². The molecule has 1 fully saturated rings. The van der Waals surface area contributed by atoms with Gasteiger partial charge in [-0.05, 0) is 50.5 Å². The van der Waals surface area contributed by atoms with Crippen molar-refractivity contribution in [1.29, 1.82) is 0 Å². The molecule has 0 bridgehead atoms. The Morgan fingerprint density at radius 2 is 2.17 bits per heavy atom. The molecule has 1 N–H and O–H groups in total. The molecule has 1 saturated heterocycles. The summed E-state index contributed by atoms with van der Waals surface area (Å²) in [5, 5.41) is 9.98. The number of amides is 1. The van der Waals surface area contributed by atoms with Gasteiger partial charge in [0.15, 0.2) is 0 Å². The molecule has 98 valence electrons. The van der Waals surface area contributed by atoms with Crippen molar-refractivity contribution in [3.05, 3.63) is 35.1 Å². The highest BCUT2D eigenvalue weighted by molar-refractivity contribution is 5.94. The minimum atomic E-state index is -0.837. The van der Waals surface area contributed by atoms with E-state index in [9.17, 15) is 14.3 Å². The van der Waals surface area contributed by atoms with E-state index in [1.54, 1.807) is 24.8 Å². The third-order valence-corrected chi connectivity index (χ3v) is 3.25. The van der Waals surface area contributed by atoms with Crippen molar-refractivity contribution in [2.45, 2.75) is 32.3 Å². The molecule has 0 aliphatic carbocycles. The van der Waals surface area contributed by atoms with Crippen LogP contribution < -0.4 is 0 Å². The van der Waals surface area contributed by atoms with Crippen molar-refractivity contribution in [2.75, 3.05) is 13.1 Å². The van der Waals surface area contributed by atoms with Crippen LogP contribution in [0.1, 0.15) is 35.7 Å². The van der Waals surface area contributed by atoms with Gasteiger partial charge in [-0.1, -0.05) is 0 Å². The normalized spacial score (nSPS) is 24.1. The van der Waals surface area contributed by atoms with Crippen LogP contribution in [0.2, 0.25) is 0 Å². The van der Waals surface area contributed by atoms with E-state index in [-0.39, 0.29) is 5.91 Å². The van der Waals surface area contributed by atoms with E-state index >= 15 is 0 Å². The zero-order chi connectivity index (χ0) is 13.3. The maximum Gasteiger partial charge on any atom is 0.254 e. The fraction of sp³-hybridized carbons (Fsp3) is 0.500. The maximum absolute atomic E-state index is 13.3. The molecule has 1 amide bonds. The van der Waals surface area contributed by atoms with Crippen LogP contribution in [-0.2, 0) is 0 Å². The molecule has 2 rings (SSSR count). The van der Waals surface area contributed by atoms with E-state index in [4.69, 9.17) is 0 Å². The first-order valence-corrected chi connectivity index (χ1v) is 6.16. The van der Waals surface area contributed by atoms with Crippen molar-refractivity contribution < 1.29 is 14.3 Å². The van der Waals surface area contributed by atoms with Gasteiger partial charge >= 0.3 is 0 Å². The standard InChI is InChI=1S/C14H18FNO2/c1-10-6-11(8-12(15)7-10)13(17)16-5-3-4-14(2,18)9-16/h6-8,18H,3-5,9H2,1-2H3. The van der Waals surface area contributed by atoms with Crippen LogP contribution >= 0.6 is 0 Å². The molecule has 1 aromatic rings. The molecular weight excluding hydrogens is 233 g/mol. The molecule has 0 radical (unpaired) electrons. The first kappa shape index (κ1) is 13.0. The summed E-state index contributed by atoms with van der Waals surface area (Å²) in [6.07, 6.45) is 1.46. The molecule has 18 heavy (non-hydrogen) atoms. The number of hydrogen-bond donors (Lipinski definition) is 1. The molecule has 1 aliphatic heterocycles. The Labute approximate surface area is 106 Å². The highest BCUT2D eigenvalue weighted by Gasteiger charge is 2.31. The van der Waals surface area contributed by atoms with Crippen LogP contribution in [-0.4, -0.2) is 34.6 Å². The number of nitrogens with zero attached hydrogens (tertiary/aromatic N) is 1. The molecule has 3 nitrogen and oxygen atoms in total. The van der Waals surface area contributed by atoms with Crippen molar-refractivity contribution in [2.24, 2.45) is 0 Å². The van der Waals surface area contributed by atoms with Crippen molar-refractivity contribution in [1.82, 2.24) is 4.90 Å². The number of carbonyl (C=O) groups excluding carboxylic acids is 1. The number of benzene rings is 1. The number of hydrogen-bond acceptors (Lipinski definition) is 2. The molecule has 0 aromatic heterocycles. The fourth-order valence-electron chi connectivity index (χ4n) is 2.44. The molecule has 4 heteroatoms. The molecular formula is C14H18FNO2. The zero-order valence-corrected chi connectivity index (χ0v) is 10.7. The van der Waals surface area contributed by atoms with Gasteiger partial charge in [-0.2, -0.15) is 0 Å². The Hall–Kier alpha value is -1.42. The third-order valence-electron chi connectivity index (χ3n) is 3.25. The summed E-state index contributed by atoms with van der Waals surface area (Å²) >= 11 is 0. The Morgan fingerprint density at radius 3 is 2.78 bits per heavy atom. The lowest BCUT2D eigenvalue weighted by Gasteiger charge is -2.36. The predicted molar refractivity (Wildman–Crippen MR) is 66.9 cm³/mol.